The van der Waals surface area contributed by atoms with Gasteiger partial charge in [-0.15, -0.1) is 5.10 Å². The van der Waals surface area contributed by atoms with E-state index in [0.717, 1.165) is 47.9 Å². The fraction of sp³-hybridized carbons (Fsp3) is 0.364. The number of rotatable bonds is 6. The Kier molecular flexibility index (Phi) is 6.43. The second-order valence-electron chi connectivity index (χ2n) is 8.22. The van der Waals surface area contributed by atoms with E-state index in [0.29, 0.717) is 16.9 Å². The summed E-state index contributed by atoms with van der Waals surface area (Å²) in [6, 6.07) is 10.3. The fourth-order valence-electron chi connectivity index (χ4n) is 3.84. The zero-order valence-electron chi connectivity index (χ0n) is 18.9. The first kappa shape index (κ1) is 22.9. The predicted molar refractivity (Wildman–Crippen MR) is 125 cm³/mol. The number of nitrogens with one attached hydrogen (secondary N) is 1. The van der Waals surface area contributed by atoms with Crippen LogP contribution in [0, 0.1) is 6.92 Å². The first-order chi connectivity index (χ1) is 15.8. The monoisotopic (exact) mass is 469 g/mol. The van der Waals surface area contributed by atoms with Crippen LogP contribution >= 0.6 is 0 Å². The molecule has 3 aromatic rings. The van der Waals surface area contributed by atoms with E-state index in [4.69, 9.17) is 0 Å². The van der Waals surface area contributed by atoms with Crippen molar-refractivity contribution >= 4 is 27.3 Å². The second kappa shape index (κ2) is 9.28. The van der Waals surface area contributed by atoms with Crippen molar-refractivity contribution in [1.29, 1.82) is 0 Å². The smallest absolute Gasteiger partial charge is 0.257 e. The summed E-state index contributed by atoms with van der Waals surface area (Å²) in [6.07, 6.45) is 4.69. The Balaban J connectivity index is 1.73. The number of piperidine rings is 1. The van der Waals surface area contributed by atoms with Crippen LogP contribution in [0.2, 0.25) is 0 Å². The maximum atomic E-state index is 13.5. The molecule has 11 heteroatoms. The molecule has 1 fully saturated rings. The summed E-state index contributed by atoms with van der Waals surface area (Å²) in [6.45, 7) is 3.54. The molecule has 1 aliphatic heterocycles. The number of carbonyl (C=O) groups excluding carboxylic acids is 1. The standard InChI is InChI=1S/C22H27N7O3S/c1-16-7-8-17(29-15-23-25-26-29)13-20(16)24-22(30)19-14-18(33(31,32)27(2)3)9-10-21(19)28-11-5-4-6-12-28/h7-10,13-15H,4-6,11-12H2,1-3H3,(H,24,30). The van der Waals surface area contributed by atoms with Gasteiger partial charge >= 0.3 is 0 Å². The molecule has 1 N–H and O–H groups in total. The molecule has 33 heavy (non-hydrogen) atoms. The van der Waals surface area contributed by atoms with E-state index in [2.05, 4.69) is 25.7 Å². The van der Waals surface area contributed by atoms with Crippen molar-refractivity contribution in [3.63, 3.8) is 0 Å². The number of benzene rings is 2. The minimum absolute atomic E-state index is 0.0811. The van der Waals surface area contributed by atoms with Gasteiger partial charge in [0.05, 0.1) is 16.1 Å². The predicted octanol–water partition coefficient (Wildman–Crippen LogP) is 2.46. The normalized spacial score (nSPS) is 14.5. The van der Waals surface area contributed by atoms with Crippen LogP contribution in [-0.2, 0) is 10.0 Å². The molecule has 1 aromatic heterocycles. The van der Waals surface area contributed by atoms with Crippen LogP contribution in [0.3, 0.4) is 0 Å². The lowest BCUT2D eigenvalue weighted by atomic mass is 10.1. The topological polar surface area (TPSA) is 113 Å². The Bertz CT molecular complexity index is 1250. The fourth-order valence-corrected chi connectivity index (χ4v) is 4.76. The minimum atomic E-state index is -3.69. The summed E-state index contributed by atoms with van der Waals surface area (Å²) in [5.74, 6) is -0.372. The summed E-state index contributed by atoms with van der Waals surface area (Å²) in [4.78, 5) is 15.7. The van der Waals surface area contributed by atoms with Crippen LogP contribution in [0.4, 0.5) is 11.4 Å². The molecule has 0 unspecified atom stereocenters. The number of hydrogen-bond donors (Lipinski definition) is 1. The summed E-state index contributed by atoms with van der Waals surface area (Å²) in [7, 11) is -0.741. The van der Waals surface area contributed by atoms with Gasteiger partial charge in [0.1, 0.15) is 6.33 Å². The van der Waals surface area contributed by atoms with E-state index in [1.165, 1.54) is 31.2 Å². The van der Waals surface area contributed by atoms with Gasteiger partial charge in [-0.2, -0.15) is 0 Å². The molecule has 2 aromatic carbocycles. The maximum Gasteiger partial charge on any atom is 0.257 e. The van der Waals surface area contributed by atoms with Crippen LogP contribution in [0.15, 0.2) is 47.6 Å². The Morgan fingerprint density at radius 1 is 1.06 bits per heavy atom. The number of nitrogens with zero attached hydrogens (tertiary/aromatic N) is 6. The van der Waals surface area contributed by atoms with E-state index in [-0.39, 0.29) is 10.8 Å². The number of aryl methyl sites for hydroxylation is 1. The van der Waals surface area contributed by atoms with E-state index >= 15 is 0 Å². The number of sulfonamides is 1. The summed E-state index contributed by atoms with van der Waals surface area (Å²) in [5.41, 5.74) is 3.21. The van der Waals surface area contributed by atoms with E-state index in [1.807, 2.05) is 19.1 Å². The molecule has 1 saturated heterocycles. The Hall–Kier alpha value is -3.31. The first-order valence-corrected chi connectivity index (χ1v) is 12.2. The SMILES string of the molecule is Cc1ccc(-n2cnnn2)cc1NC(=O)c1cc(S(=O)(=O)N(C)C)ccc1N1CCCCC1. The largest absolute Gasteiger partial charge is 0.371 e. The molecule has 0 radical (unpaired) electrons. The third-order valence-electron chi connectivity index (χ3n) is 5.77. The lowest BCUT2D eigenvalue weighted by Gasteiger charge is -2.30. The molecule has 0 aliphatic carbocycles. The Morgan fingerprint density at radius 3 is 2.48 bits per heavy atom. The zero-order valence-corrected chi connectivity index (χ0v) is 19.7. The number of aromatic nitrogens is 4. The van der Waals surface area contributed by atoms with Crippen LogP contribution in [-0.4, -0.2) is 66.0 Å². The van der Waals surface area contributed by atoms with E-state index in [1.54, 1.807) is 18.2 Å². The van der Waals surface area contributed by atoms with Crippen molar-refractivity contribution in [3.8, 4) is 5.69 Å². The number of anilines is 2. The van der Waals surface area contributed by atoms with E-state index in [9.17, 15) is 13.2 Å². The van der Waals surface area contributed by atoms with Gasteiger partial charge in [-0.1, -0.05) is 6.07 Å². The average Bonchev–Trinajstić information content (AvgIpc) is 3.35. The van der Waals surface area contributed by atoms with Gasteiger partial charge in [0.2, 0.25) is 10.0 Å². The van der Waals surface area contributed by atoms with Crippen LogP contribution in [0.5, 0.6) is 0 Å². The molecule has 1 amide bonds. The molecule has 0 spiro atoms. The van der Waals surface area contributed by atoms with Gasteiger partial charge < -0.3 is 10.2 Å². The molecular formula is C22H27N7O3S. The van der Waals surface area contributed by atoms with Crippen molar-refractivity contribution in [1.82, 2.24) is 24.5 Å². The number of amides is 1. The quantitative estimate of drug-likeness (QED) is 0.590. The summed E-state index contributed by atoms with van der Waals surface area (Å²) >= 11 is 0. The molecule has 10 nitrogen and oxygen atoms in total. The minimum Gasteiger partial charge on any atom is -0.371 e. The first-order valence-electron chi connectivity index (χ1n) is 10.7. The molecule has 1 aliphatic rings. The highest BCUT2D eigenvalue weighted by Gasteiger charge is 2.24. The van der Waals surface area contributed by atoms with E-state index < -0.39 is 10.0 Å². The Labute approximate surface area is 193 Å². The van der Waals surface area contributed by atoms with Crippen molar-refractivity contribution < 1.29 is 13.2 Å². The molecule has 174 valence electrons. The molecule has 0 saturated carbocycles. The molecular weight excluding hydrogens is 442 g/mol. The summed E-state index contributed by atoms with van der Waals surface area (Å²) in [5, 5.41) is 14.1. The Morgan fingerprint density at radius 2 is 1.82 bits per heavy atom. The lowest BCUT2D eigenvalue weighted by Crippen LogP contribution is -2.32. The van der Waals surface area contributed by atoms with Gasteiger partial charge in [0, 0.05) is 38.6 Å². The third kappa shape index (κ3) is 4.74. The van der Waals surface area contributed by atoms with Crippen LogP contribution in [0.1, 0.15) is 35.2 Å². The number of tetrazole rings is 1. The highest BCUT2D eigenvalue weighted by molar-refractivity contribution is 7.89. The van der Waals surface area contributed by atoms with Crippen LogP contribution < -0.4 is 10.2 Å². The van der Waals surface area contributed by atoms with Gasteiger partial charge in [0.15, 0.2) is 0 Å². The third-order valence-corrected chi connectivity index (χ3v) is 7.58. The molecule has 0 bridgehead atoms. The van der Waals surface area contributed by atoms with Crippen LogP contribution in [0.25, 0.3) is 5.69 Å². The highest BCUT2D eigenvalue weighted by atomic mass is 32.2. The second-order valence-corrected chi connectivity index (χ2v) is 10.4. The van der Waals surface area contributed by atoms with Crippen molar-refractivity contribution in [3.05, 3.63) is 53.9 Å². The van der Waals surface area contributed by atoms with Gasteiger partial charge in [-0.3, -0.25) is 4.79 Å². The van der Waals surface area contributed by atoms with Gasteiger partial charge in [0.25, 0.3) is 5.91 Å². The average molecular weight is 470 g/mol. The van der Waals surface area contributed by atoms with Crippen molar-refractivity contribution in [2.45, 2.75) is 31.1 Å². The molecule has 0 atom stereocenters. The maximum absolute atomic E-state index is 13.5. The van der Waals surface area contributed by atoms with Crippen molar-refractivity contribution in [2.24, 2.45) is 0 Å². The highest BCUT2D eigenvalue weighted by Crippen LogP contribution is 2.29. The van der Waals surface area contributed by atoms with Gasteiger partial charge in [-0.05, 0) is 72.5 Å². The number of carbonyl (C=O) groups is 1. The zero-order chi connectivity index (χ0) is 23.6. The van der Waals surface area contributed by atoms with Gasteiger partial charge in [-0.25, -0.2) is 17.4 Å². The van der Waals surface area contributed by atoms with Crippen molar-refractivity contribution in [2.75, 3.05) is 37.4 Å². The lowest BCUT2D eigenvalue weighted by molar-refractivity contribution is 0.102. The number of hydrogen-bond acceptors (Lipinski definition) is 7. The molecule has 2 heterocycles. The summed E-state index contributed by atoms with van der Waals surface area (Å²) < 4.78 is 28.1. The molecule has 4 rings (SSSR count).